The van der Waals surface area contributed by atoms with Crippen molar-refractivity contribution in [3.63, 3.8) is 0 Å². The van der Waals surface area contributed by atoms with Gasteiger partial charge in [0.1, 0.15) is 5.69 Å². The molecule has 0 spiro atoms. The van der Waals surface area contributed by atoms with E-state index in [1.807, 2.05) is 36.2 Å². The third-order valence-electron chi connectivity index (χ3n) is 6.46. The number of hydrogen-bond acceptors (Lipinski definition) is 5. The number of aryl methyl sites for hydroxylation is 1. The minimum absolute atomic E-state index is 0.0884. The quantitative estimate of drug-likeness (QED) is 0.469. The fourth-order valence-electron chi connectivity index (χ4n) is 4.53. The maximum absolute atomic E-state index is 13.1. The van der Waals surface area contributed by atoms with E-state index in [0.717, 1.165) is 38.7 Å². The van der Waals surface area contributed by atoms with Crippen molar-refractivity contribution >= 4 is 22.6 Å². The van der Waals surface area contributed by atoms with Crippen molar-refractivity contribution in [1.82, 2.24) is 25.4 Å². The molecule has 2 aromatic heterocycles. The van der Waals surface area contributed by atoms with E-state index in [1.54, 1.807) is 0 Å². The predicted molar refractivity (Wildman–Crippen MR) is 132 cm³/mol. The Morgan fingerprint density at radius 1 is 1.09 bits per heavy atom. The molecule has 3 heterocycles. The van der Waals surface area contributed by atoms with Crippen LogP contribution in [0.3, 0.4) is 0 Å². The van der Waals surface area contributed by atoms with E-state index in [2.05, 4.69) is 44.8 Å². The molecule has 0 saturated heterocycles. The van der Waals surface area contributed by atoms with Gasteiger partial charge in [0.05, 0.1) is 6.42 Å². The van der Waals surface area contributed by atoms with Crippen molar-refractivity contribution in [3.05, 3.63) is 105 Å². The Balaban J connectivity index is 1.27. The molecule has 0 atom stereocenters. The predicted octanol–water partition coefficient (Wildman–Crippen LogP) is 2.68. The highest BCUT2D eigenvalue weighted by Crippen LogP contribution is 2.25. The van der Waals surface area contributed by atoms with Crippen LogP contribution in [0.5, 0.6) is 0 Å². The number of pyridine rings is 1. The van der Waals surface area contributed by atoms with E-state index in [0.29, 0.717) is 32.5 Å². The summed E-state index contributed by atoms with van der Waals surface area (Å²) < 4.78 is 0. The largest absolute Gasteiger partial charge is 0.346 e. The standard InChI is InChI=1S/C27H25N5O3/c1-17-23(15-29-27(35)24-8-9-25(33)31-30-24)22-10-11-32(16-21(22)14-28-17)26(34)13-18-6-7-19-4-2-3-5-20(19)12-18/h2-9,12,14H,10-11,13,15-16H2,1H3,(H,29,35)(H,31,33). The number of rotatable bonds is 5. The summed E-state index contributed by atoms with van der Waals surface area (Å²) in [6.45, 7) is 3.33. The molecule has 0 fully saturated rings. The third kappa shape index (κ3) is 4.82. The fraction of sp³-hybridized carbons (Fsp3) is 0.222. The lowest BCUT2D eigenvalue weighted by Crippen LogP contribution is -2.38. The maximum Gasteiger partial charge on any atom is 0.271 e. The molecule has 2 N–H and O–H groups in total. The molecule has 176 valence electrons. The summed E-state index contributed by atoms with van der Waals surface area (Å²) in [5, 5.41) is 11.2. The Morgan fingerprint density at radius 3 is 2.71 bits per heavy atom. The zero-order valence-corrected chi connectivity index (χ0v) is 19.4. The molecule has 35 heavy (non-hydrogen) atoms. The van der Waals surface area contributed by atoms with Crippen molar-refractivity contribution in [2.24, 2.45) is 0 Å². The Morgan fingerprint density at radius 2 is 1.91 bits per heavy atom. The van der Waals surface area contributed by atoms with Crippen molar-refractivity contribution in [3.8, 4) is 0 Å². The molecule has 1 aliphatic heterocycles. The zero-order valence-electron chi connectivity index (χ0n) is 19.4. The van der Waals surface area contributed by atoms with Crippen LogP contribution >= 0.6 is 0 Å². The van der Waals surface area contributed by atoms with Gasteiger partial charge in [-0.3, -0.25) is 19.4 Å². The molecule has 0 unspecified atom stereocenters. The number of H-pyrrole nitrogens is 1. The number of benzene rings is 2. The van der Waals surface area contributed by atoms with Crippen LogP contribution in [0.25, 0.3) is 10.8 Å². The molecule has 0 bridgehead atoms. The van der Waals surface area contributed by atoms with Gasteiger partial charge in [0.15, 0.2) is 0 Å². The lowest BCUT2D eigenvalue weighted by atomic mass is 9.94. The highest BCUT2D eigenvalue weighted by Gasteiger charge is 2.24. The van der Waals surface area contributed by atoms with E-state index in [1.165, 1.54) is 12.1 Å². The number of amides is 2. The van der Waals surface area contributed by atoms with Crippen LogP contribution in [0.1, 0.15) is 38.4 Å². The smallest absolute Gasteiger partial charge is 0.271 e. The van der Waals surface area contributed by atoms with Gasteiger partial charge in [0, 0.05) is 37.6 Å². The van der Waals surface area contributed by atoms with Crippen molar-refractivity contribution < 1.29 is 9.59 Å². The number of aromatic amines is 1. The second-order valence-corrected chi connectivity index (χ2v) is 8.74. The van der Waals surface area contributed by atoms with Crippen molar-refractivity contribution in [2.45, 2.75) is 32.9 Å². The Bertz CT molecular complexity index is 1470. The first kappa shape index (κ1) is 22.5. The molecule has 0 saturated carbocycles. The SMILES string of the molecule is Cc1ncc2c(c1CNC(=O)c1ccc(=O)[nH]n1)CCN(C(=O)Cc1ccc3ccccc3c1)C2. The summed E-state index contributed by atoms with van der Waals surface area (Å²) in [5.74, 6) is -0.285. The molecule has 4 aromatic rings. The van der Waals surface area contributed by atoms with Gasteiger partial charge in [-0.05, 0) is 52.4 Å². The molecule has 1 aliphatic rings. The lowest BCUT2D eigenvalue weighted by Gasteiger charge is -2.30. The molecule has 2 aromatic carbocycles. The number of fused-ring (bicyclic) bond motifs is 2. The first-order valence-electron chi connectivity index (χ1n) is 11.5. The lowest BCUT2D eigenvalue weighted by molar-refractivity contribution is -0.131. The van der Waals surface area contributed by atoms with Crippen molar-refractivity contribution in [1.29, 1.82) is 0 Å². The average molecular weight is 468 g/mol. The maximum atomic E-state index is 13.1. The van der Waals surface area contributed by atoms with Crippen LogP contribution in [0.2, 0.25) is 0 Å². The topological polar surface area (TPSA) is 108 Å². The first-order valence-corrected chi connectivity index (χ1v) is 11.5. The zero-order chi connectivity index (χ0) is 24.4. The summed E-state index contributed by atoms with van der Waals surface area (Å²) in [5.41, 5.74) is 4.71. The van der Waals surface area contributed by atoms with E-state index >= 15 is 0 Å². The van der Waals surface area contributed by atoms with Crippen LogP contribution in [0.15, 0.2) is 65.6 Å². The van der Waals surface area contributed by atoms with Gasteiger partial charge in [-0.25, -0.2) is 5.10 Å². The number of aromatic nitrogens is 3. The Kier molecular flexibility index (Phi) is 6.10. The van der Waals surface area contributed by atoms with Gasteiger partial charge in [0.25, 0.3) is 11.5 Å². The number of carbonyl (C=O) groups excluding carboxylic acids is 2. The second kappa shape index (κ2) is 9.50. The Hall–Kier alpha value is -4.33. The van der Waals surface area contributed by atoms with Crippen LogP contribution in [-0.2, 0) is 30.7 Å². The molecule has 0 radical (unpaired) electrons. The van der Waals surface area contributed by atoms with Gasteiger partial charge in [-0.15, -0.1) is 0 Å². The molecular formula is C27H25N5O3. The summed E-state index contributed by atoms with van der Waals surface area (Å²) in [7, 11) is 0. The molecule has 8 nitrogen and oxygen atoms in total. The normalized spacial score (nSPS) is 12.9. The summed E-state index contributed by atoms with van der Waals surface area (Å²) in [6, 6.07) is 16.9. The number of hydrogen-bond donors (Lipinski definition) is 2. The third-order valence-corrected chi connectivity index (χ3v) is 6.46. The number of carbonyl (C=O) groups is 2. The minimum atomic E-state index is -0.374. The first-order chi connectivity index (χ1) is 17.0. The number of nitrogens with zero attached hydrogens (tertiary/aromatic N) is 3. The highest BCUT2D eigenvalue weighted by molar-refractivity contribution is 5.92. The van der Waals surface area contributed by atoms with E-state index in [-0.39, 0.29) is 23.1 Å². The number of nitrogens with one attached hydrogen (secondary N) is 2. The molecule has 5 rings (SSSR count). The molecule has 2 amide bonds. The summed E-state index contributed by atoms with van der Waals surface area (Å²) >= 11 is 0. The van der Waals surface area contributed by atoms with Gasteiger partial charge in [-0.1, -0.05) is 42.5 Å². The second-order valence-electron chi connectivity index (χ2n) is 8.74. The fourth-order valence-corrected chi connectivity index (χ4v) is 4.53. The summed E-state index contributed by atoms with van der Waals surface area (Å²) in [4.78, 5) is 43.1. The van der Waals surface area contributed by atoms with E-state index < -0.39 is 0 Å². The minimum Gasteiger partial charge on any atom is -0.346 e. The van der Waals surface area contributed by atoms with E-state index in [9.17, 15) is 14.4 Å². The van der Waals surface area contributed by atoms with Gasteiger partial charge >= 0.3 is 0 Å². The van der Waals surface area contributed by atoms with Crippen LogP contribution in [-0.4, -0.2) is 38.4 Å². The van der Waals surface area contributed by atoms with Crippen LogP contribution in [0.4, 0.5) is 0 Å². The Labute approximate surface area is 202 Å². The van der Waals surface area contributed by atoms with Gasteiger partial charge in [-0.2, -0.15) is 5.10 Å². The van der Waals surface area contributed by atoms with Crippen LogP contribution < -0.4 is 10.9 Å². The highest BCUT2D eigenvalue weighted by atomic mass is 16.2. The molecule has 8 heteroatoms. The van der Waals surface area contributed by atoms with Gasteiger partial charge < -0.3 is 10.2 Å². The summed E-state index contributed by atoms with van der Waals surface area (Å²) in [6.07, 6.45) is 2.88. The van der Waals surface area contributed by atoms with E-state index in [4.69, 9.17) is 0 Å². The monoisotopic (exact) mass is 467 g/mol. The van der Waals surface area contributed by atoms with Crippen molar-refractivity contribution in [2.75, 3.05) is 6.54 Å². The molecular weight excluding hydrogens is 442 g/mol. The van der Waals surface area contributed by atoms with Gasteiger partial charge in [0.2, 0.25) is 5.91 Å². The van der Waals surface area contributed by atoms with Crippen LogP contribution in [0, 0.1) is 6.92 Å². The average Bonchev–Trinajstić information content (AvgIpc) is 2.88. The molecule has 0 aliphatic carbocycles.